The van der Waals surface area contributed by atoms with Gasteiger partial charge in [0.1, 0.15) is 6.04 Å². The molecule has 1 unspecified atom stereocenters. The number of hydrazine groups is 1. The zero-order valence-electron chi connectivity index (χ0n) is 10.5. The van der Waals surface area contributed by atoms with Crippen LogP contribution < -0.4 is 5.43 Å². The van der Waals surface area contributed by atoms with Gasteiger partial charge >= 0.3 is 5.97 Å². The summed E-state index contributed by atoms with van der Waals surface area (Å²) in [4.78, 5) is 11.7. The molecule has 0 aromatic rings. The molecule has 1 aliphatic rings. The van der Waals surface area contributed by atoms with Crippen LogP contribution in [0.3, 0.4) is 0 Å². The van der Waals surface area contributed by atoms with Gasteiger partial charge in [-0.3, -0.25) is 4.79 Å². The first-order valence-corrected chi connectivity index (χ1v) is 6.45. The van der Waals surface area contributed by atoms with Crippen molar-refractivity contribution in [3.8, 4) is 0 Å². The lowest BCUT2D eigenvalue weighted by atomic mass is 10.1. The largest absolute Gasteiger partial charge is 0.465 e. The van der Waals surface area contributed by atoms with Crippen molar-refractivity contribution < 1.29 is 9.53 Å². The molecule has 4 heteroatoms. The van der Waals surface area contributed by atoms with E-state index in [1.54, 1.807) is 0 Å². The van der Waals surface area contributed by atoms with E-state index < -0.39 is 0 Å². The normalized spacial score (nSPS) is 19.4. The Hall–Kier alpha value is -0.610. The number of nitrogens with zero attached hydrogens (tertiary/aromatic N) is 1. The van der Waals surface area contributed by atoms with Crippen LogP contribution in [0, 0.1) is 0 Å². The van der Waals surface area contributed by atoms with Crippen molar-refractivity contribution in [2.24, 2.45) is 0 Å². The maximum Gasteiger partial charge on any atom is 0.324 e. The molecule has 0 amide bonds. The van der Waals surface area contributed by atoms with E-state index in [0.29, 0.717) is 6.61 Å². The van der Waals surface area contributed by atoms with Gasteiger partial charge < -0.3 is 4.74 Å². The maximum atomic E-state index is 11.7. The smallest absolute Gasteiger partial charge is 0.324 e. The molecule has 0 spiro atoms. The Morgan fingerprint density at radius 1 is 1.31 bits per heavy atom. The van der Waals surface area contributed by atoms with Gasteiger partial charge in [-0.2, -0.15) is 0 Å². The minimum absolute atomic E-state index is 0.116. The molecule has 1 heterocycles. The summed E-state index contributed by atoms with van der Waals surface area (Å²) in [6, 6.07) is -0.164. The van der Waals surface area contributed by atoms with Crippen molar-refractivity contribution in [3.63, 3.8) is 0 Å². The van der Waals surface area contributed by atoms with Crippen molar-refractivity contribution in [1.82, 2.24) is 10.4 Å². The van der Waals surface area contributed by atoms with Gasteiger partial charge in [-0.05, 0) is 26.2 Å². The third kappa shape index (κ3) is 4.49. The van der Waals surface area contributed by atoms with Crippen molar-refractivity contribution in [2.75, 3.05) is 19.7 Å². The van der Waals surface area contributed by atoms with E-state index in [4.69, 9.17) is 4.74 Å². The third-order valence-electron chi connectivity index (χ3n) is 2.84. The quantitative estimate of drug-likeness (QED) is 0.703. The van der Waals surface area contributed by atoms with E-state index in [1.165, 1.54) is 19.3 Å². The number of hydrogen-bond acceptors (Lipinski definition) is 4. The maximum absolute atomic E-state index is 11.7. The van der Waals surface area contributed by atoms with E-state index in [0.717, 1.165) is 25.9 Å². The van der Waals surface area contributed by atoms with E-state index in [9.17, 15) is 4.79 Å². The fourth-order valence-corrected chi connectivity index (χ4v) is 2.01. The van der Waals surface area contributed by atoms with Crippen LogP contribution in [0.2, 0.25) is 0 Å². The highest BCUT2D eigenvalue weighted by molar-refractivity contribution is 5.75. The number of carbonyl (C=O) groups is 1. The fourth-order valence-electron chi connectivity index (χ4n) is 2.01. The SMILES string of the molecule is CCCC(NN1CCCCC1)C(=O)OCC. The molecule has 0 aliphatic carbocycles. The Kier molecular flexibility index (Phi) is 6.42. The lowest BCUT2D eigenvalue weighted by molar-refractivity contribution is -0.147. The van der Waals surface area contributed by atoms with Gasteiger partial charge in [0, 0.05) is 13.1 Å². The summed E-state index contributed by atoms with van der Waals surface area (Å²) in [5, 5.41) is 2.17. The summed E-state index contributed by atoms with van der Waals surface area (Å²) in [7, 11) is 0. The molecule has 0 aromatic heterocycles. The highest BCUT2D eigenvalue weighted by Gasteiger charge is 2.22. The number of piperidine rings is 1. The topological polar surface area (TPSA) is 41.6 Å². The first kappa shape index (κ1) is 13.5. The molecule has 16 heavy (non-hydrogen) atoms. The Labute approximate surface area is 98.3 Å². The van der Waals surface area contributed by atoms with E-state index in [2.05, 4.69) is 17.4 Å². The van der Waals surface area contributed by atoms with Crippen molar-refractivity contribution >= 4 is 5.97 Å². The summed E-state index contributed by atoms with van der Waals surface area (Å²) in [6.07, 6.45) is 5.57. The Morgan fingerprint density at radius 3 is 2.56 bits per heavy atom. The second kappa shape index (κ2) is 7.63. The third-order valence-corrected chi connectivity index (χ3v) is 2.84. The summed E-state index contributed by atoms with van der Waals surface area (Å²) in [6.45, 7) is 6.48. The average Bonchev–Trinajstić information content (AvgIpc) is 2.30. The second-order valence-electron chi connectivity index (χ2n) is 4.27. The monoisotopic (exact) mass is 228 g/mol. The lowest BCUT2D eigenvalue weighted by Crippen LogP contribution is -2.50. The molecule has 1 aliphatic heterocycles. The predicted molar refractivity (Wildman–Crippen MR) is 63.9 cm³/mol. The molecule has 0 saturated carbocycles. The van der Waals surface area contributed by atoms with Gasteiger partial charge in [-0.1, -0.05) is 19.8 Å². The Bertz CT molecular complexity index is 203. The van der Waals surface area contributed by atoms with Crippen LogP contribution in [-0.4, -0.2) is 36.7 Å². The Balaban J connectivity index is 2.39. The predicted octanol–water partition coefficient (Wildman–Crippen LogP) is 1.71. The van der Waals surface area contributed by atoms with E-state index >= 15 is 0 Å². The zero-order valence-corrected chi connectivity index (χ0v) is 10.5. The van der Waals surface area contributed by atoms with Crippen LogP contribution in [0.1, 0.15) is 46.0 Å². The van der Waals surface area contributed by atoms with Crippen LogP contribution in [-0.2, 0) is 9.53 Å². The molecule has 1 N–H and O–H groups in total. The zero-order chi connectivity index (χ0) is 11.8. The molecule has 0 radical (unpaired) electrons. The van der Waals surface area contributed by atoms with Gasteiger partial charge in [-0.25, -0.2) is 10.4 Å². The fraction of sp³-hybridized carbons (Fsp3) is 0.917. The molecule has 0 bridgehead atoms. The first-order valence-electron chi connectivity index (χ1n) is 6.45. The molecule has 1 rings (SSSR count). The molecule has 1 atom stereocenters. The minimum atomic E-state index is -0.164. The molecule has 0 aromatic carbocycles. The average molecular weight is 228 g/mol. The summed E-state index contributed by atoms with van der Waals surface area (Å²) < 4.78 is 5.07. The number of rotatable bonds is 6. The first-order chi connectivity index (χ1) is 7.77. The number of carbonyl (C=O) groups excluding carboxylic acids is 1. The van der Waals surface area contributed by atoms with Gasteiger partial charge in [0.25, 0.3) is 0 Å². The molecule has 4 nitrogen and oxygen atoms in total. The summed E-state index contributed by atoms with van der Waals surface area (Å²) >= 11 is 0. The van der Waals surface area contributed by atoms with Gasteiger partial charge in [0.05, 0.1) is 6.61 Å². The summed E-state index contributed by atoms with van der Waals surface area (Å²) in [5.74, 6) is -0.116. The van der Waals surface area contributed by atoms with E-state index in [1.807, 2.05) is 6.92 Å². The van der Waals surface area contributed by atoms with Crippen LogP contribution in [0.5, 0.6) is 0 Å². The van der Waals surface area contributed by atoms with Crippen LogP contribution >= 0.6 is 0 Å². The van der Waals surface area contributed by atoms with Crippen LogP contribution in [0.4, 0.5) is 0 Å². The highest BCUT2D eigenvalue weighted by atomic mass is 16.5. The van der Waals surface area contributed by atoms with Crippen molar-refractivity contribution in [3.05, 3.63) is 0 Å². The van der Waals surface area contributed by atoms with Crippen LogP contribution in [0.25, 0.3) is 0 Å². The number of nitrogens with one attached hydrogen (secondary N) is 1. The molecule has 1 fully saturated rings. The standard InChI is InChI=1S/C12H24N2O2/c1-3-8-11(12(15)16-4-2)13-14-9-6-5-7-10-14/h11,13H,3-10H2,1-2H3. The Morgan fingerprint density at radius 2 is 2.00 bits per heavy atom. The number of ether oxygens (including phenoxy) is 1. The summed E-state index contributed by atoms with van der Waals surface area (Å²) in [5.41, 5.74) is 3.30. The van der Waals surface area contributed by atoms with Gasteiger partial charge in [0.2, 0.25) is 0 Å². The lowest BCUT2D eigenvalue weighted by Gasteiger charge is -2.30. The van der Waals surface area contributed by atoms with Crippen molar-refractivity contribution in [2.45, 2.75) is 52.0 Å². The van der Waals surface area contributed by atoms with E-state index in [-0.39, 0.29) is 12.0 Å². The number of hydrogen-bond donors (Lipinski definition) is 1. The van der Waals surface area contributed by atoms with Crippen molar-refractivity contribution in [1.29, 1.82) is 0 Å². The highest BCUT2D eigenvalue weighted by Crippen LogP contribution is 2.08. The van der Waals surface area contributed by atoms with Crippen LogP contribution in [0.15, 0.2) is 0 Å². The van der Waals surface area contributed by atoms with Gasteiger partial charge in [-0.15, -0.1) is 0 Å². The van der Waals surface area contributed by atoms with Gasteiger partial charge in [0.15, 0.2) is 0 Å². The minimum Gasteiger partial charge on any atom is -0.465 e. The molecular formula is C12H24N2O2. The molecule has 94 valence electrons. The molecular weight excluding hydrogens is 204 g/mol. The molecule has 1 saturated heterocycles. The number of esters is 1. The second-order valence-corrected chi connectivity index (χ2v) is 4.27.